The average Bonchev–Trinajstić information content (AvgIpc) is 2.73. The number of nitrogens with one attached hydrogen (secondary N) is 2. The maximum atomic E-state index is 12.9. The third kappa shape index (κ3) is 5.79. The summed E-state index contributed by atoms with van der Waals surface area (Å²) in [5.74, 6) is -0.314. The van der Waals surface area contributed by atoms with E-state index in [0.717, 1.165) is 18.4 Å². The molecule has 0 aliphatic heterocycles. The Balaban J connectivity index is 1.70. The van der Waals surface area contributed by atoms with E-state index >= 15 is 0 Å². The van der Waals surface area contributed by atoms with E-state index in [0.29, 0.717) is 16.9 Å². The molecule has 0 aliphatic rings. The van der Waals surface area contributed by atoms with Gasteiger partial charge in [-0.2, -0.15) is 0 Å². The summed E-state index contributed by atoms with van der Waals surface area (Å²) in [6.07, 6.45) is 1.67. The molecular formula is C25H26N2O2. The van der Waals surface area contributed by atoms with Gasteiger partial charge >= 0.3 is 0 Å². The van der Waals surface area contributed by atoms with Crippen molar-refractivity contribution in [2.45, 2.75) is 26.7 Å². The molecule has 4 heteroatoms. The number of amides is 2. The summed E-state index contributed by atoms with van der Waals surface area (Å²) in [4.78, 5) is 24.8. The van der Waals surface area contributed by atoms with Crippen molar-refractivity contribution in [3.63, 3.8) is 0 Å². The van der Waals surface area contributed by atoms with E-state index in [-0.39, 0.29) is 17.7 Å². The topological polar surface area (TPSA) is 58.2 Å². The van der Waals surface area contributed by atoms with Crippen molar-refractivity contribution in [3.8, 4) is 0 Å². The van der Waals surface area contributed by atoms with Gasteiger partial charge in [0.1, 0.15) is 0 Å². The Kier molecular flexibility index (Phi) is 6.80. The van der Waals surface area contributed by atoms with Crippen LogP contribution in [0.25, 0.3) is 0 Å². The van der Waals surface area contributed by atoms with Gasteiger partial charge in [-0.05, 0) is 48.2 Å². The van der Waals surface area contributed by atoms with Crippen LogP contribution in [0.2, 0.25) is 0 Å². The third-order valence-corrected chi connectivity index (χ3v) is 4.70. The van der Waals surface area contributed by atoms with Gasteiger partial charge in [0.15, 0.2) is 0 Å². The zero-order chi connectivity index (χ0) is 20.6. The molecule has 0 spiro atoms. The van der Waals surface area contributed by atoms with Crippen LogP contribution in [0.15, 0.2) is 78.9 Å². The molecule has 0 atom stereocenters. The Hall–Kier alpha value is -3.40. The zero-order valence-corrected chi connectivity index (χ0v) is 16.8. The summed E-state index contributed by atoms with van der Waals surface area (Å²) in [7, 11) is 0. The molecule has 0 saturated carbocycles. The number of hydrogen-bond donors (Lipinski definition) is 2. The second-order valence-corrected chi connectivity index (χ2v) is 7.32. The van der Waals surface area contributed by atoms with Gasteiger partial charge in [-0.1, -0.05) is 68.4 Å². The molecule has 2 amide bonds. The fraction of sp³-hybridized carbons (Fsp3) is 0.200. The van der Waals surface area contributed by atoms with Crippen molar-refractivity contribution < 1.29 is 9.59 Å². The summed E-state index contributed by atoms with van der Waals surface area (Å²) in [6, 6.07) is 25.1. The Morgan fingerprint density at radius 1 is 0.759 bits per heavy atom. The van der Waals surface area contributed by atoms with Crippen LogP contribution in [0.4, 0.5) is 11.4 Å². The minimum atomic E-state index is -0.152. The summed E-state index contributed by atoms with van der Waals surface area (Å²) in [6.45, 7) is 3.68. The van der Waals surface area contributed by atoms with Crippen LogP contribution in [0, 0.1) is 5.92 Å². The van der Waals surface area contributed by atoms with E-state index < -0.39 is 0 Å². The van der Waals surface area contributed by atoms with E-state index in [9.17, 15) is 9.59 Å². The molecule has 3 rings (SSSR count). The number of carbonyl (C=O) groups excluding carboxylic acids is 2. The number of rotatable bonds is 7. The number of benzene rings is 3. The quantitative estimate of drug-likeness (QED) is 0.577. The highest BCUT2D eigenvalue weighted by Gasteiger charge is 2.12. The van der Waals surface area contributed by atoms with Gasteiger partial charge in [-0.3, -0.25) is 9.59 Å². The predicted molar refractivity (Wildman–Crippen MR) is 118 cm³/mol. The van der Waals surface area contributed by atoms with Gasteiger partial charge in [0.2, 0.25) is 5.91 Å². The first-order valence-electron chi connectivity index (χ1n) is 9.87. The van der Waals surface area contributed by atoms with E-state index in [2.05, 4.69) is 22.8 Å². The van der Waals surface area contributed by atoms with Gasteiger partial charge in [0, 0.05) is 22.9 Å². The molecule has 0 bridgehead atoms. The molecule has 29 heavy (non-hydrogen) atoms. The summed E-state index contributed by atoms with van der Waals surface area (Å²) in [5, 5.41) is 5.80. The molecule has 0 unspecified atom stereocenters. The van der Waals surface area contributed by atoms with Gasteiger partial charge in [0.05, 0.1) is 0 Å². The zero-order valence-electron chi connectivity index (χ0n) is 16.8. The van der Waals surface area contributed by atoms with Crippen molar-refractivity contribution in [2.24, 2.45) is 5.92 Å². The van der Waals surface area contributed by atoms with Gasteiger partial charge in [-0.25, -0.2) is 0 Å². The molecule has 0 saturated heterocycles. The first-order chi connectivity index (χ1) is 14.0. The van der Waals surface area contributed by atoms with Crippen LogP contribution in [-0.2, 0) is 17.6 Å². The Morgan fingerprint density at radius 2 is 1.41 bits per heavy atom. The molecule has 0 aromatic heterocycles. The fourth-order valence-corrected chi connectivity index (χ4v) is 3.04. The van der Waals surface area contributed by atoms with Crippen molar-refractivity contribution in [1.29, 1.82) is 0 Å². The van der Waals surface area contributed by atoms with Crippen LogP contribution < -0.4 is 10.6 Å². The standard InChI is InChI=1S/C25H26N2O2/c1-18(2)24(28)26-21-12-8-13-22(17-21)27-25(29)23-14-7-6-11-20(23)16-15-19-9-4-3-5-10-19/h3-14,17-18H,15-16H2,1-2H3,(H,26,28)(H,27,29). The normalized spacial score (nSPS) is 10.6. The molecule has 0 fully saturated rings. The van der Waals surface area contributed by atoms with Crippen molar-refractivity contribution in [1.82, 2.24) is 0 Å². The highest BCUT2D eigenvalue weighted by atomic mass is 16.2. The van der Waals surface area contributed by atoms with E-state index in [4.69, 9.17) is 0 Å². The van der Waals surface area contributed by atoms with Crippen LogP contribution in [0.1, 0.15) is 35.3 Å². The van der Waals surface area contributed by atoms with Crippen LogP contribution in [-0.4, -0.2) is 11.8 Å². The first-order valence-corrected chi connectivity index (χ1v) is 9.87. The molecule has 148 valence electrons. The number of aryl methyl sites for hydroxylation is 2. The Bertz CT molecular complexity index is 981. The lowest BCUT2D eigenvalue weighted by molar-refractivity contribution is -0.118. The Morgan fingerprint density at radius 3 is 2.14 bits per heavy atom. The van der Waals surface area contributed by atoms with E-state index in [1.165, 1.54) is 5.56 Å². The first kappa shape index (κ1) is 20.3. The van der Waals surface area contributed by atoms with Crippen LogP contribution in [0.3, 0.4) is 0 Å². The number of anilines is 2. The minimum absolute atomic E-state index is 0.0558. The number of carbonyl (C=O) groups is 2. The molecular weight excluding hydrogens is 360 g/mol. The largest absolute Gasteiger partial charge is 0.326 e. The maximum Gasteiger partial charge on any atom is 0.255 e. The third-order valence-electron chi connectivity index (χ3n) is 4.70. The van der Waals surface area contributed by atoms with E-state index in [1.54, 1.807) is 6.07 Å². The molecule has 2 N–H and O–H groups in total. The van der Waals surface area contributed by atoms with Crippen molar-refractivity contribution in [2.75, 3.05) is 10.6 Å². The fourth-order valence-electron chi connectivity index (χ4n) is 3.04. The average molecular weight is 386 g/mol. The monoisotopic (exact) mass is 386 g/mol. The van der Waals surface area contributed by atoms with E-state index in [1.807, 2.05) is 74.5 Å². The highest BCUT2D eigenvalue weighted by Crippen LogP contribution is 2.19. The molecule has 0 aliphatic carbocycles. The maximum absolute atomic E-state index is 12.9. The molecule has 4 nitrogen and oxygen atoms in total. The van der Waals surface area contributed by atoms with Gasteiger partial charge in [0.25, 0.3) is 5.91 Å². The van der Waals surface area contributed by atoms with Crippen LogP contribution in [0.5, 0.6) is 0 Å². The summed E-state index contributed by atoms with van der Waals surface area (Å²) < 4.78 is 0. The highest BCUT2D eigenvalue weighted by molar-refractivity contribution is 6.05. The SMILES string of the molecule is CC(C)C(=O)Nc1cccc(NC(=O)c2ccccc2CCc2ccccc2)c1. The Labute approximate surface area is 172 Å². The molecule has 3 aromatic rings. The lowest BCUT2D eigenvalue weighted by Crippen LogP contribution is -2.18. The van der Waals surface area contributed by atoms with Crippen molar-refractivity contribution >= 4 is 23.2 Å². The minimum Gasteiger partial charge on any atom is -0.326 e. The van der Waals surface area contributed by atoms with Gasteiger partial charge < -0.3 is 10.6 Å². The van der Waals surface area contributed by atoms with Gasteiger partial charge in [-0.15, -0.1) is 0 Å². The molecule has 3 aromatic carbocycles. The number of hydrogen-bond acceptors (Lipinski definition) is 2. The molecule has 0 heterocycles. The second-order valence-electron chi connectivity index (χ2n) is 7.32. The predicted octanol–water partition coefficient (Wildman–Crippen LogP) is 5.32. The summed E-state index contributed by atoms with van der Waals surface area (Å²) >= 11 is 0. The lowest BCUT2D eigenvalue weighted by Gasteiger charge is -2.12. The van der Waals surface area contributed by atoms with Crippen LogP contribution >= 0.6 is 0 Å². The lowest BCUT2D eigenvalue weighted by atomic mass is 9.99. The second kappa shape index (κ2) is 9.69. The smallest absolute Gasteiger partial charge is 0.255 e. The summed E-state index contributed by atoms with van der Waals surface area (Å²) in [5.41, 5.74) is 4.24. The van der Waals surface area contributed by atoms with Crippen molar-refractivity contribution in [3.05, 3.63) is 95.6 Å². The molecule has 0 radical (unpaired) electrons.